The van der Waals surface area contributed by atoms with Crippen LogP contribution in [0.25, 0.3) is 10.9 Å². The van der Waals surface area contributed by atoms with Gasteiger partial charge in [0.1, 0.15) is 5.75 Å². The van der Waals surface area contributed by atoms with Crippen LogP contribution in [-0.4, -0.2) is 36.1 Å². The Morgan fingerprint density at radius 3 is 2.89 bits per heavy atom. The van der Waals surface area contributed by atoms with Gasteiger partial charge in [-0.2, -0.15) is 0 Å². The summed E-state index contributed by atoms with van der Waals surface area (Å²) in [5, 5.41) is 0.326. The molecule has 0 N–H and O–H groups in total. The van der Waals surface area contributed by atoms with Crippen molar-refractivity contribution in [1.82, 2.24) is 9.47 Å². The summed E-state index contributed by atoms with van der Waals surface area (Å²) in [5.74, 6) is 0.375. The number of nitrogens with zero attached hydrogens (tertiary/aromatic N) is 2. The average molecular weight is 260 g/mol. The molecule has 3 nitrogen and oxygen atoms in total. The van der Waals surface area contributed by atoms with Crippen LogP contribution in [0.5, 0.6) is 5.75 Å². The highest BCUT2D eigenvalue weighted by molar-refractivity contribution is 5.81. The first-order chi connectivity index (χ1) is 14.1. The van der Waals surface area contributed by atoms with E-state index in [1.807, 2.05) is 0 Å². The average Bonchev–Trinajstić information content (AvgIpc) is 2.98. The highest BCUT2D eigenvalue weighted by atomic mass is 16.5. The number of ether oxygens (including phenoxy) is 1. The summed E-state index contributed by atoms with van der Waals surface area (Å²) in [4.78, 5) is -0.678. The van der Waals surface area contributed by atoms with Crippen LogP contribution in [0.4, 0.5) is 0 Å². The summed E-state index contributed by atoms with van der Waals surface area (Å²) in [6.07, 6.45) is 1.04. The van der Waals surface area contributed by atoms with Gasteiger partial charge >= 0.3 is 0 Å². The second-order valence-corrected chi connectivity index (χ2v) is 3.77. The Morgan fingerprint density at radius 1 is 1.39 bits per heavy atom. The number of likely N-dealkylation sites (N-methyl/N-ethyl adjacent to an activating group) is 1. The standard InChI is InChI=1S/C15H22N2O/c1-15(2,16(3)4)11-17-9-8-12-10-13(18-5)6-7-14(12)17/h6-10H,11H2,1-5H3/i1D3,2D3,3D3,4D3,11D2. The van der Waals surface area contributed by atoms with Gasteiger partial charge < -0.3 is 14.2 Å². The lowest BCUT2D eigenvalue weighted by Crippen LogP contribution is -2.41. The van der Waals surface area contributed by atoms with Crippen LogP contribution in [0.3, 0.4) is 0 Å². The molecule has 0 amide bonds. The van der Waals surface area contributed by atoms with Crippen molar-refractivity contribution in [2.24, 2.45) is 0 Å². The van der Waals surface area contributed by atoms with E-state index in [1.165, 1.54) is 31.4 Å². The van der Waals surface area contributed by atoms with E-state index in [0.717, 1.165) is 6.20 Å². The van der Waals surface area contributed by atoms with Crippen LogP contribution >= 0.6 is 0 Å². The molecule has 18 heavy (non-hydrogen) atoms. The maximum absolute atomic E-state index is 8.71. The molecular weight excluding hydrogens is 224 g/mol. The topological polar surface area (TPSA) is 17.4 Å². The van der Waals surface area contributed by atoms with Crippen molar-refractivity contribution in [3.8, 4) is 5.75 Å². The van der Waals surface area contributed by atoms with Gasteiger partial charge in [-0.25, -0.2) is 0 Å². The van der Waals surface area contributed by atoms with Crippen molar-refractivity contribution in [2.45, 2.75) is 25.7 Å². The molecule has 2 rings (SSSR count). The molecule has 0 radical (unpaired) electrons. The maximum atomic E-state index is 8.71. The zero-order chi connectivity index (χ0) is 25.1. The molecule has 3 heteroatoms. The van der Waals surface area contributed by atoms with E-state index in [2.05, 4.69) is 0 Å². The largest absolute Gasteiger partial charge is 0.497 e. The lowest BCUT2D eigenvalue weighted by atomic mass is 10.0. The first-order valence-corrected chi connectivity index (χ1v) is 5.10. The van der Waals surface area contributed by atoms with Crippen molar-refractivity contribution in [1.29, 1.82) is 0 Å². The minimum Gasteiger partial charge on any atom is -0.497 e. The summed E-state index contributed by atoms with van der Waals surface area (Å²) < 4.78 is 117. The molecule has 0 bridgehead atoms. The molecule has 0 atom stereocenters. The molecule has 0 saturated heterocycles. The summed E-state index contributed by atoms with van der Waals surface area (Å²) in [6.45, 7) is -19.1. The number of benzene rings is 1. The van der Waals surface area contributed by atoms with Gasteiger partial charge in [-0.1, -0.05) is 0 Å². The van der Waals surface area contributed by atoms with Crippen molar-refractivity contribution >= 4 is 10.9 Å². The van der Waals surface area contributed by atoms with Crippen molar-refractivity contribution in [2.75, 3.05) is 21.1 Å². The Kier molecular flexibility index (Phi) is 1.04. The van der Waals surface area contributed by atoms with Crippen LogP contribution in [0.1, 0.15) is 32.9 Å². The zero-order valence-electron chi connectivity index (χ0n) is 23.7. The van der Waals surface area contributed by atoms with Crippen molar-refractivity contribution in [3.05, 3.63) is 30.5 Å². The summed E-state index contributed by atoms with van der Waals surface area (Å²) in [5.41, 5.74) is -4.00. The van der Waals surface area contributed by atoms with Crippen LogP contribution in [-0.2, 0) is 6.50 Å². The monoisotopic (exact) mass is 260 g/mol. The summed E-state index contributed by atoms with van der Waals surface area (Å²) in [7, 11) is 1.39. The Labute approximate surface area is 129 Å². The fourth-order valence-corrected chi connectivity index (χ4v) is 1.57. The van der Waals surface area contributed by atoms with Crippen molar-refractivity contribution in [3.63, 3.8) is 0 Å². The van der Waals surface area contributed by atoms with Crippen LogP contribution in [0.15, 0.2) is 30.5 Å². The molecule has 0 spiro atoms. The highest BCUT2D eigenvalue weighted by Gasteiger charge is 2.21. The van der Waals surface area contributed by atoms with Gasteiger partial charge in [0.05, 0.1) is 9.85 Å². The van der Waals surface area contributed by atoms with E-state index in [4.69, 9.17) is 23.9 Å². The van der Waals surface area contributed by atoms with Gasteiger partial charge in [0.15, 0.2) is 0 Å². The third kappa shape index (κ3) is 2.36. The highest BCUT2D eigenvalue weighted by Crippen LogP contribution is 2.24. The fourth-order valence-electron chi connectivity index (χ4n) is 1.57. The number of fused-ring (bicyclic) bond motifs is 1. The van der Waals surface area contributed by atoms with Crippen LogP contribution in [0.2, 0.25) is 0 Å². The molecule has 1 aromatic carbocycles. The SMILES string of the molecule is [2H]C([2H])([2H])N(C([2H])([2H])[2H])C(C([2H])([2H])[2H])(C([2H])([2H])[2H])C([2H])([2H])n1ccc2cc(OC)ccc21. The molecule has 0 aliphatic heterocycles. The van der Waals surface area contributed by atoms with Gasteiger partial charge in [-0.3, -0.25) is 0 Å². The van der Waals surface area contributed by atoms with Gasteiger partial charge in [-0.15, -0.1) is 0 Å². The zero-order valence-corrected chi connectivity index (χ0v) is 9.69. The Morgan fingerprint density at radius 2 is 2.22 bits per heavy atom. The summed E-state index contributed by atoms with van der Waals surface area (Å²) >= 11 is 0. The van der Waals surface area contributed by atoms with Gasteiger partial charge in [0, 0.05) is 45.6 Å². The molecule has 2 aromatic rings. The summed E-state index contributed by atoms with van der Waals surface area (Å²) in [6, 6.07) is 5.55. The molecule has 1 heterocycles. The number of hydrogen-bond acceptors (Lipinski definition) is 2. The fraction of sp³-hybridized carbons (Fsp3) is 0.467. The first-order valence-electron chi connectivity index (χ1n) is 12.1. The molecule has 0 unspecified atom stereocenters. The van der Waals surface area contributed by atoms with Gasteiger partial charge in [0.2, 0.25) is 0 Å². The second-order valence-electron chi connectivity index (χ2n) is 3.77. The predicted octanol–water partition coefficient (Wildman–Crippen LogP) is 2.99. The van der Waals surface area contributed by atoms with E-state index in [0.29, 0.717) is 15.7 Å². The van der Waals surface area contributed by atoms with E-state index >= 15 is 0 Å². The van der Waals surface area contributed by atoms with Gasteiger partial charge in [0.25, 0.3) is 0 Å². The molecule has 1 aromatic heterocycles. The lowest BCUT2D eigenvalue weighted by molar-refractivity contribution is 0.171. The van der Waals surface area contributed by atoms with Gasteiger partial charge in [-0.05, 0) is 51.9 Å². The molecule has 0 aliphatic rings. The molecule has 0 aliphatic carbocycles. The van der Waals surface area contributed by atoms with E-state index in [1.54, 1.807) is 0 Å². The lowest BCUT2D eigenvalue weighted by Gasteiger charge is -2.33. The minimum atomic E-state index is -4.00. The first kappa shape index (κ1) is 4.01. The number of aromatic nitrogens is 1. The number of hydrogen-bond donors (Lipinski definition) is 0. The van der Waals surface area contributed by atoms with Crippen molar-refractivity contribution < 1.29 is 23.9 Å². The molecular formula is C15H22N2O. The van der Waals surface area contributed by atoms with Crippen LogP contribution < -0.4 is 4.74 Å². The molecule has 0 fully saturated rings. The van der Waals surface area contributed by atoms with Crippen LogP contribution in [0, 0.1) is 0 Å². The van der Waals surface area contributed by atoms with E-state index < -0.39 is 44.6 Å². The third-order valence-corrected chi connectivity index (χ3v) is 2.52. The minimum absolute atomic E-state index is 0.00436. The maximum Gasteiger partial charge on any atom is 0.119 e. The number of methoxy groups -OCH3 is 1. The molecule has 98 valence electrons. The molecule has 0 saturated carbocycles. The Bertz CT molecular complexity index is 938. The smallest absolute Gasteiger partial charge is 0.119 e. The number of rotatable bonds is 4. The second kappa shape index (κ2) is 4.65. The Hall–Kier alpha value is -1.48. The Balaban J connectivity index is 3.07. The normalized spacial score (nSPS) is 27.4. The predicted molar refractivity (Wildman–Crippen MR) is 76.3 cm³/mol. The third-order valence-electron chi connectivity index (χ3n) is 2.52. The van der Waals surface area contributed by atoms with E-state index in [-0.39, 0.29) is 5.52 Å². The quantitative estimate of drug-likeness (QED) is 0.841. The van der Waals surface area contributed by atoms with E-state index in [9.17, 15) is 0 Å².